The summed E-state index contributed by atoms with van der Waals surface area (Å²) in [6.45, 7) is -1.52. The molecule has 0 bridgehead atoms. The summed E-state index contributed by atoms with van der Waals surface area (Å²) in [6.07, 6.45) is 0. The van der Waals surface area contributed by atoms with Crippen molar-refractivity contribution in [3.8, 4) is 0 Å². The Morgan fingerprint density at radius 2 is 2.08 bits per heavy atom. The Hall–Kier alpha value is -0.810. The molecule has 0 heterocycles. The third-order valence-electron chi connectivity index (χ3n) is 1.02. The van der Waals surface area contributed by atoms with Gasteiger partial charge in [0.05, 0.1) is 0 Å². The molecule has 0 saturated carbocycles. The largest absolute Gasteiger partial charge is 0.480 e. The summed E-state index contributed by atoms with van der Waals surface area (Å²) in [5, 5.41) is 10.6. The Labute approximate surface area is 78.6 Å². The van der Waals surface area contributed by atoms with Crippen LogP contribution in [0.3, 0.4) is 0 Å². The Kier molecular flexibility index (Phi) is 5.41. The molecule has 0 saturated heterocycles. The van der Waals surface area contributed by atoms with E-state index in [0.717, 1.165) is 6.92 Å². The maximum atomic E-state index is 10.5. The number of carboxylic acids is 1. The van der Waals surface area contributed by atoms with E-state index in [4.69, 9.17) is 5.11 Å². The molecule has 8 heteroatoms. The van der Waals surface area contributed by atoms with E-state index in [1.165, 1.54) is 0 Å². The standard InChI is InChI=1S/C5H8NO5PS/c1-3(7)6-4(5(8)9)2-13-12(10)11/h4H,2H2,1H3,(H,6,7)(H,8,9). The van der Waals surface area contributed by atoms with Gasteiger partial charge in [0.2, 0.25) is 5.91 Å². The maximum absolute atomic E-state index is 10.5. The van der Waals surface area contributed by atoms with Gasteiger partial charge >= 0.3 is 12.9 Å². The van der Waals surface area contributed by atoms with Crippen molar-refractivity contribution in [3.63, 3.8) is 0 Å². The number of carbonyl (C=O) groups excluding carboxylic acids is 1. The van der Waals surface area contributed by atoms with Crippen LogP contribution in [0.1, 0.15) is 6.92 Å². The fourth-order valence-electron chi connectivity index (χ4n) is 0.555. The van der Waals surface area contributed by atoms with E-state index in [9.17, 15) is 18.7 Å². The molecule has 1 amide bonds. The van der Waals surface area contributed by atoms with Crippen molar-refractivity contribution >= 4 is 30.1 Å². The second kappa shape index (κ2) is 5.77. The topological polar surface area (TPSA) is 101 Å². The normalized spacial score (nSPS) is 11.8. The predicted molar refractivity (Wildman–Crippen MR) is 46.0 cm³/mol. The summed E-state index contributed by atoms with van der Waals surface area (Å²) in [5.41, 5.74) is 0. The average Bonchev–Trinajstić information content (AvgIpc) is 1.96. The van der Waals surface area contributed by atoms with Crippen molar-refractivity contribution in [2.45, 2.75) is 13.0 Å². The molecule has 0 aliphatic carbocycles. The zero-order chi connectivity index (χ0) is 10.4. The monoisotopic (exact) mass is 225 g/mol. The van der Waals surface area contributed by atoms with Crippen LogP contribution in [0.5, 0.6) is 0 Å². The molecule has 1 unspecified atom stereocenters. The molecule has 1 atom stereocenters. The average molecular weight is 225 g/mol. The quantitative estimate of drug-likeness (QED) is 0.656. The van der Waals surface area contributed by atoms with Crippen LogP contribution in [0.15, 0.2) is 0 Å². The second-order valence-electron chi connectivity index (χ2n) is 2.11. The minimum Gasteiger partial charge on any atom is -0.480 e. The van der Waals surface area contributed by atoms with Gasteiger partial charge in [-0.05, 0) is 11.4 Å². The molecule has 74 valence electrons. The van der Waals surface area contributed by atoms with Gasteiger partial charge in [0.1, 0.15) is 6.04 Å². The van der Waals surface area contributed by atoms with E-state index in [2.05, 4.69) is 5.32 Å². The highest BCUT2D eigenvalue weighted by molar-refractivity contribution is 8.47. The van der Waals surface area contributed by atoms with Gasteiger partial charge in [-0.3, -0.25) is 4.79 Å². The van der Waals surface area contributed by atoms with Gasteiger partial charge in [-0.15, -0.1) is 0 Å². The molecule has 0 aromatic carbocycles. The van der Waals surface area contributed by atoms with Crippen LogP contribution in [0.25, 0.3) is 0 Å². The van der Waals surface area contributed by atoms with Crippen LogP contribution in [0.2, 0.25) is 0 Å². The number of carbonyl (C=O) groups is 2. The maximum Gasteiger partial charge on any atom is 0.378 e. The smallest absolute Gasteiger partial charge is 0.378 e. The lowest BCUT2D eigenvalue weighted by molar-refractivity contribution is -0.140. The highest BCUT2D eigenvalue weighted by Crippen LogP contribution is 2.25. The van der Waals surface area contributed by atoms with Gasteiger partial charge in [0, 0.05) is 12.7 Å². The number of carboxylic acid groups (broad SMARTS) is 1. The lowest BCUT2D eigenvalue weighted by atomic mass is 10.3. The molecular formula is C5H8NO5PS. The van der Waals surface area contributed by atoms with E-state index >= 15 is 0 Å². The molecular weight excluding hydrogens is 217 g/mol. The first-order valence-corrected chi connectivity index (χ1v) is 5.97. The third-order valence-corrected chi connectivity index (χ3v) is 2.80. The van der Waals surface area contributed by atoms with E-state index in [1.54, 1.807) is 0 Å². The molecule has 0 aliphatic heterocycles. The molecule has 0 aromatic rings. The summed E-state index contributed by atoms with van der Waals surface area (Å²) in [7, 11) is 0. The fraction of sp³-hybridized carbons (Fsp3) is 0.600. The Morgan fingerprint density at radius 3 is 2.38 bits per heavy atom. The fourth-order valence-corrected chi connectivity index (χ4v) is 1.86. The minimum atomic E-state index is -2.68. The second-order valence-corrected chi connectivity index (χ2v) is 4.82. The zero-order valence-electron chi connectivity index (χ0n) is 6.72. The summed E-state index contributed by atoms with van der Waals surface area (Å²) >= 11 is 0.468. The van der Waals surface area contributed by atoms with Crippen molar-refractivity contribution < 1.29 is 23.8 Å². The first-order chi connectivity index (χ1) is 5.93. The number of nitrogens with one attached hydrogen (secondary N) is 1. The van der Waals surface area contributed by atoms with E-state index in [1.807, 2.05) is 0 Å². The van der Waals surface area contributed by atoms with Crippen LogP contribution >= 0.6 is 18.3 Å². The van der Waals surface area contributed by atoms with E-state index in [0.29, 0.717) is 11.4 Å². The van der Waals surface area contributed by atoms with Gasteiger partial charge in [-0.1, -0.05) is 0 Å². The van der Waals surface area contributed by atoms with Gasteiger partial charge in [-0.25, -0.2) is 13.9 Å². The molecule has 2 N–H and O–H groups in total. The molecule has 0 rings (SSSR count). The van der Waals surface area contributed by atoms with Crippen molar-refractivity contribution in [2.75, 3.05) is 5.75 Å². The van der Waals surface area contributed by atoms with Crippen LogP contribution in [-0.4, -0.2) is 28.8 Å². The SMILES string of the molecule is CC(=O)NC(CSP(=O)=O)C(=O)O. The van der Waals surface area contributed by atoms with Gasteiger partial charge in [-0.2, -0.15) is 0 Å². The molecule has 0 radical (unpaired) electrons. The first-order valence-electron chi connectivity index (χ1n) is 3.20. The van der Waals surface area contributed by atoms with Crippen molar-refractivity contribution in [2.24, 2.45) is 0 Å². The number of aliphatic carboxylic acids is 1. The van der Waals surface area contributed by atoms with Crippen molar-refractivity contribution in [1.29, 1.82) is 0 Å². The van der Waals surface area contributed by atoms with Crippen LogP contribution in [-0.2, 0) is 18.7 Å². The summed E-state index contributed by atoms with van der Waals surface area (Å²) in [5.74, 6) is -1.94. The molecule has 13 heavy (non-hydrogen) atoms. The molecule has 0 spiro atoms. The third kappa shape index (κ3) is 6.36. The minimum absolute atomic E-state index is 0.187. The van der Waals surface area contributed by atoms with E-state index in [-0.39, 0.29) is 5.75 Å². The van der Waals surface area contributed by atoms with Crippen LogP contribution < -0.4 is 5.32 Å². The molecule has 0 fully saturated rings. The van der Waals surface area contributed by atoms with Crippen LogP contribution in [0, 0.1) is 0 Å². The first kappa shape index (κ1) is 12.2. The Bertz CT molecular complexity index is 268. The molecule has 0 aliphatic rings. The number of rotatable bonds is 5. The lowest BCUT2D eigenvalue weighted by Crippen LogP contribution is -2.41. The summed E-state index contributed by atoms with van der Waals surface area (Å²) in [4.78, 5) is 20.9. The summed E-state index contributed by atoms with van der Waals surface area (Å²) in [6, 6.07) is -1.16. The van der Waals surface area contributed by atoms with Crippen molar-refractivity contribution in [1.82, 2.24) is 5.32 Å². The Balaban J connectivity index is 4.10. The van der Waals surface area contributed by atoms with Gasteiger partial charge in [0.25, 0.3) is 0 Å². The number of hydrogen-bond donors (Lipinski definition) is 2. The van der Waals surface area contributed by atoms with E-state index < -0.39 is 24.8 Å². The van der Waals surface area contributed by atoms with Crippen LogP contribution in [0.4, 0.5) is 0 Å². The molecule has 6 nitrogen and oxygen atoms in total. The zero-order valence-corrected chi connectivity index (χ0v) is 8.43. The highest BCUT2D eigenvalue weighted by atomic mass is 32.7. The number of amides is 1. The van der Waals surface area contributed by atoms with Crippen molar-refractivity contribution in [3.05, 3.63) is 0 Å². The summed E-state index contributed by atoms with van der Waals surface area (Å²) < 4.78 is 20.2. The van der Waals surface area contributed by atoms with Gasteiger partial charge in [0.15, 0.2) is 0 Å². The highest BCUT2D eigenvalue weighted by Gasteiger charge is 2.18. The molecule has 0 aromatic heterocycles. The lowest BCUT2D eigenvalue weighted by Gasteiger charge is -2.09. The van der Waals surface area contributed by atoms with Gasteiger partial charge < -0.3 is 10.4 Å². The predicted octanol–water partition coefficient (Wildman–Crippen LogP) is 0.397. The number of hydrogen-bond acceptors (Lipinski definition) is 5. The Morgan fingerprint density at radius 1 is 1.54 bits per heavy atom.